The molecule has 98 valence electrons. The van der Waals surface area contributed by atoms with Crippen LogP contribution in [-0.2, 0) is 9.53 Å². The molecule has 6 heteroatoms. The van der Waals surface area contributed by atoms with Crippen molar-refractivity contribution >= 4 is 17.6 Å². The van der Waals surface area contributed by atoms with Crippen molar-refractivity contribution in [1.82, 2.24) is 5.32 Å². The van der Waals surface area contributed by atoms with E-state index in [9.17, 15) is 14.0 Å². The van der Waals surface area contributed by atoms with Crippen molar-refractivity contribution in [3.8, 4) is 0 Å². The van der Waals surface area contributed by atoms with Gasteiger partial charge in [-0.15, -0.1) is 0 Å². The number of likely N-dealkylation sites (N-methyl/N-ethyl adjacent to an activating group) is 1. The summed E-state index contributed by atoms with van der Waals surface area (Å²) >= 11 is 0. The molecule has 0 saturated heterocycles. The van der Waals surface area contributed by atoms with Crippen LogP contribution in [0.2, 0.25) is 0 Å². The normalized spacial score (nSPS) is 11.8. The van der Waals surface area contributed by atoms with E-state index in [1.807, 2.05) is 0 Å². The zero-order valence-corrected chi connectivity index (χ0v) is 10.4. The predicted molar refractivity (Wildman–Crippen MR) is 64.5 cm³/mol. The zero-order valence-electron chi connectivity index (χ0n) is 10.4. The van der Waals surface area contributed by atoms with Gasteiger partial charge < -0.3 is 15.8 Å². The van der Waals surface area contributed by atoms with Crippen LogP contribution in [0.3, 0.4) is 0 Å². The maximum Gasteiger partial charge on any atom is 0.341 e. The van der Waals surface area contributed by atoms with Gasteiger partial charge in [0.1, 0.15) is 5.82 Å². The highest BCUT2D eigenvalue weighted by molar-refractivity contribution is 5.93. The van der Waals surface area contributed by atoms with Gasteiger partial charge in [-0.3, -0.25) is 4.79 Å². The van der Waals surface area contributed by atoms with E-state index in [1.165, 1.54) is 33.0 Å². The minimum Gasteiger partial charge on any atom is -0.449 e. The Morgan fingerprint density at radius 3 is 2.61 bits per heavy atom. The van der Waals surface area contributed by atoms with Crippen LogP contribution in [0.4, 0.5) is 10.1 Å². The fraction of sp³-hybridized carbons (Fsp3) is 0.333. The third-order valence-corrected chi connectivity index (χ3v) is 2.40. The van der Waals surface area contributed by atoms with Gasteiger partial charge in [-0.05, 0) is 31.5 Å². The number of amides is 1. The number of hydrogen-bond acceptors (Lipinski definition) is 4. The molecular weight excluding hydrogens is 239 g/mol. The largest absolute Gasteiger partial charge is 0.449 e. The van der Waals surface area contributed by atoms with Crippen molar-refractivity contribution in [2.75, 3.05) is 12.8 Å². The van der Waals surface area contributed by atoms with Crippen molar-refractivity contribution in [3.63, 3.8) is 0 Å². The molecule has 3 N–H and O–H groups in total. The molecule has 0 aliphatic carbocycles. The number of rotatable bonds is 3. The Labute approximate surface area is 104 Å². The average molecular weight is 254 g/mol. The molecule has 1 atom stereocenters. The quantitative estimate of drug-likeness (QED) is 0.623. The van der Waals surface area contributed by atoms with Gasteiger partial charge in [0.25, 0.3) is 5.91 Å². The van der Waals surface area contributed by atoms with Crippen molar-refractivity contribution < 1.29 is 18.7 Å². The minimum atomic E-state index is -0.997. The fourth-order valence-corrected chi connectivity index (χ4v) is 1.43. The summed E-state index contributed by atoms with van der Waals surface area (Å²) < 4.78 is 18.5. The number of nitrogens with two attached hydrogens (primary N) is 1. The van der Waals surface area contributed by atoms with Gasteiger partial charge in [-0.25, -0.2) is 9.18 Å². The van der Waals surface area contributed by atoms with Gasteiger partial charge in [0, 0.05) is 12.7 Å². The number of nitrogens with one attached hydrogen (secondary N) is 1. The van der Waals surface area contributed by atoms with E-state index in [-0.39, 0.29) is 16.8 Å². The van der Waals surface area contributed by atoms with Gasteiger partial charge in [0.15, 0.2) is 6.10 Å². The lowest BCUT2D eigenvalue weighted by Crippen LogP contribution is -2.33. The van der Waals surface area contributed by atoms with Crippen molar-refractivity contribution in [3.05, 3.63) is 29.1 Å². The van der Waals surface area contributed by atoms with Crippen LogP contribution in [0.1, 0.15) is 22.8 Å². The van der Waals surface area contributed by atoms with Crippen LogP contribution in [0.15, 0.2) is 12.1 Å². The first-order chi connectivity index (χ1) is 8.36. The lowest BCUT2D eigenvalue weighted by Gasteiger charge is -2.13. The van der Waals surface area contributed by atoms with E-state index >= 15 is 0 Å². The highest BCUT2D eigenvalue weighted by Crippen LogP contribution is 2.18. The molecule has 1 aromatic rings. The second kappa shape index (κ2) is 5.48. The number of nitrogen functional groups attached to an aromatic ring is 1. The molecule has 0 bridgehead atoms. The Kier molecular flexibility index (Phi) is 4.25. The molecule has 1 aromatic carbocycles. The van der Waals surface area contributed by atoms with Crippen LogP contribution < -0.4 is 11.1 Å². The summed E-state index contributed by atoms with van der Waals surface area (Å²) in [5.41, 5.74) is 5.76. The third-order valence-electron chi connectivity index (χ3n) is 2.40. The topological polar surface area (TPSA) is 81.4 Å². The molecule has 0 fully saturated rings. The summed E-state index contributed by atoms with van der Waals surface area (Å²) in [6.45, 7) is 2.89. The van der Waals surface area contributed by atoms with Crippen LogP contribution in [-0.4, -0.2) is 25.0 Å². The Hall–Kier alpha value is -2.11. The van der Waals surface area contributed by atoms with Crippen LogP contribution in [0, 0.1) is 12.7 Å². The summed E-state index contributed by atoms with van der Waals surface area (Å²) in [4.78, 5) is 22.9. The molecule has 0 aliphatic rings. The van der Waals surface area contributed by atoms with Crippen LogP contribution >= 0.6 is 0 Å². The molecule has 0 saturated carbocycles. The van der Waals surface area contributed by atoms with Crippen LogP contribution in [0.25, 0.3) is 0 Å². The summed E-state index contributed by atoms with van der Waals surface area (Å²) in [5.74, 6) is -2.08. The molecule has 1 rings (SSSR count). The number of anilines is 1. The summed E-state index contributed by atoms with van der Waals surface area (Å²) in [6.07, 6.45) is -0.997. The van der Waals surface area contributed by atoms with Gasteiger partial charge in [0.05, 0.1) is 5.56 Å². The number of benzene rings is 1. The van der Waals surface area contributed by atoms with Crippen LogP contribution in [0.5, 0.6) is 0 Å². The number of esters is 1. The summed E-state index contributed by atoms with van der Waals surface area (Å²) in [5, 5.41) is 2.32. The van der Waals surface area contributed by atoms with E-state index < -0.39 is 23.8 Å². The number of halogens is 1. The Morgan fingerprint density at radius 1 is 1.44 bits per heavy atom. The number of hydrogen-bond donors (Lipinski definition) is 2. The van der Waals surface area contributed by atoms with Gasteiger partial charge in [-0.1, -0.05) is 0 Å². The zero-order chi connectivity index (χ0) is 13.9. The molecule has 18 heavy (non-hydrogen) atoms. The minimum absolute atomic E-state index is 0.245. The first-order valence-electron chi connectivity index (χ1n) is 5.35. The van der Waals surface area contributed by atoms with Gasteiger partial charge in [0.2, 0.25) is 0 Å². The SMILES string of the molecule is CNC(=O)C(C)OC(=O)c1cc(N)cc(C)c1F. The number of carbonyl (C=O) groups excluding carboxylic acids is 2. The molecule has 5 nitrogen and oxygen atoms in total. The monoisotopic (exact) mass is 254 g/mol. The summed E-state index contributed by atoms with van der Waals surface area (Å²) in [7, 11) is 1.41. The van der Waals surface area contributed by atoms with E-state index in [0.717, 1.165) is 0 Å². The Morgan fingerprint density at radius 2 is 2.06 bits per heavy atom. The first kappa shape index (κ1) is 14.0. The molecule has 0 aliphatic heterocycles. The van der Waals surface area contributed by atoms with Crippen molar-refractivity contribution in [1.29, 1.82) is 0 Å². The van der Waals surface area contributed by atoms with E-state index in [1.54, 1.807) is 0 Å². The molecular formula is C12H15FN2O3. The van der Waals surface area contributed by atoms with Crippen molar-refractivity contribution in [2.45, 2.75) is 20.0 Å². The number of aryl methyl sites for hydroxylation is 1. The molecule has 1 amide bonds. The van der Waals surface area contributed by atoms with Gasteiger partial charge in [-0.2, -0.15) is 0 Å². The maximum absolute atomic E-state index is 13.7. The third kappa shape index (κ3) is 2.97. The Balaban J connectivity index is 2.95. The number of carbonyl (C=O) groups is 2. The second-order valence-corrected chi connectivity index (χ2v) is 3.86. The first-order valence-corrected chi connectivity index (χ1v) is 5.35. The van der Waals surface area contributed by atoms with E-state index in [4.69, 9.17) is 10.5 Å². The highest BCUT2D eigenvalue weighted by atomic mass is 19.1. The summed E-state index contributed by atoms with van der Waals surface area (Å²) in [6, 6.07) is 2.59. The lowest BCUT2D eigenvalue weighted by atomic mass is 10.1. The van der Waals surface area contributed by atoms with E-state index in [0.29, 0.717) is 0 Å². The van der Waals surface area contributed by atoms with Gasteiger partial charge >= 0.3 is 5.97 Å². The maximum atomic E-state index is 13.7. The number of ether oxygens (including phenoxy) is 1. The Bertz CT molecular complexity index is 488. The second-order valence-electron chi connectivity index (χ2n) is 3.86. The molecule has 0 aromatic heterocycles. The molecule has 0 heterocycles. The van der Waals surface area contributed by atoms with Crippen molar-refractivity contribution in [2.24, 2.45) is 0 Å². The molecule has 0 spiro atoms. The predicted octanol–water partition coefficient (Wildman–Crippen LogP) is 1.01. The van der Waals surface area contributed by atoms with E-state index in [2.05, 4.69) is 5.32 Å². The lowest BCUT2D eigenvalue weighted by molar-refractivity contribution is -0.128. The smallest absolute Gasteiger partial charge is 0.341 e. The molecule has 0 radical (unpaired) electrons. The average Bonchev–Trinajstić information content (AvgIpc) is 2.32. The molecule has 1 unspecified atom stereocenters. The fourth-order valence-electron chi connectivity index (χ4n) is 1.43. The standard InChI is InChI=1S/C12H15FN2O3/c1-6-4-8(14)5-9(10(6)13)12(17)18-7(2)11(16)15-3/h4-5,7H,14H2,1-3H3,(H,15,16). The highest BCUT2D eigenvalue weighted by Gasteiger charge is 2.21.